The predicted octanol–water partition coefficient (Wildman–Crippen LogP) is 1.57. The number of hydrogen-bond donors (Lipinski definition) is 2. The number of nitrogens with zero attached hydrogens (tertiary/aromatic N) is 1. The van der Waals surface area contributed by atoms with Crippen molar-refractivity contribution >= 4 is 17.3 Å². The van der Waals surface area contributed by atoms with Crippen LogP contribution >= 0.6 is 0 Å². The zero-order valence-corrected chi connectivity index (χ0v) is 10.7. The Bertz CT molecular complexity index is 441. The predicted molar refractivity (Wildman–Crippen MR) is 72.4 cm³/mol. The van der Waals surface area contributed by atoms with E-state index >= 15 is 0 Å². The maximum Gasteiger partial charge on any atom is 0.227 e. The SMILES string of the molecule is CCC(CO)CN1C(=O)CCc2cc(N)ccc21. The summed E-state index contributed by atoms with van der Waals surface area (Å²) in [5, 5.41) is 9.28. The largest absolute Gasteiger partial charge is 0.399 e. The summed E-state index contributed by atoms with van der Waals surface area (Å²) in [6.45, 7) is 2.73. The number of nitrogens with two attached hydrogens (primary N) is 1. The lowest BCUT2D eigenvalue weighted by molar-refractivity contribution is -0.119. The summed E-state index contributed by atoms with van der Waals surface area (Å²) in [6.07, 6.45) is 2.15. The number of aryl methyl sites for hydroxylation is 1. The van der Waals surface area contributed by atoms with Gasteiger partial charge in [0.25, 0.3) is 0 Å². The quantitative estimate of drug-likeness (QED) is 0.795. The molecule has 4 heteroatoms. The van der Waals surface area contributed by atoms with Crippen LogP contribution in [0.25, 0.3) is 0 Å². The third-order valence-corrected chi connectivity index (χ3v) is 3.58. The van der Waals surface area contributed by atoms with Gasteiger partial charge in [0.15, 0.2) is 0 Å². The van der Waals surface area contributed by atoms with Crippen molar-refractivity contribution in [3.05, 3.63) is 23.8 Å². The van der Waals surface area contributed by atoms with E-state index in [1.165, 1.54) is 0 Å². The third kappa shape index (κ3) is 2.48. The minimum Gasteiger partial charge on any atom is -0.399 e. The maximum absolute atomic E-state index is 12.0. The van der Waals surface area contributed by atoms with Crippen molar-refractivity contribution in [3.63, 3.8) is 0 Å². The van der Waals surface area contributed by atoms with Crippen LogP contribution in [-0.2, 0) is 11.2 Å². The Kier molecular flexibility index (Phi) is 3.87. The second-order valence-electron chi connectivity index (χ2n) is 4.85. The van der Waals surface area contributed by atoms with E-state index in [-0.39, 0.29) is 18.4 Å². The van der Waals surface area contributed by atoms with Crippen LogP contribution < -0.4 is 10.6 Å². The molecular weight excluding hydrogens is 228 g/mol. The van der Waals surface area contributed by atoms with Gasteiger partial charge in [-0.1, -0.05) is 6.92 Å². The van der Waals surface area contributed by atoms with Crippen LogP contribution in [-0.4, -0.2) is 24.2 Å². The van der Waals surface area contributed by atoms with Crippen LogP contribution in [0.3, 0.4) is 0 Å². The average molecular weight is 248 g/mol. The minimum absolute atomic E-state index is 0.116. The number of anilines is 2. The molecule has 1 unspecified atom stereocenters. The van der Waals surface area contributed by atoms with E-state index in [0.29, 0.717) is 13.0 Å². The Morgan fingerprint density at radius 2 is 2.22 bits per heavy atom. The summed E-state index contributed by atoms with van der Waals surface area (Å²) in [5.41, 5.74) is 8.58. The van der Waals surface area contributed by atoms with Gasteiger partial charge in [-0.25, -0.2) is 0 Å². The molecule has 3 N–H and O–H groups in total. The number of nitrogen functional groups attached to an aromatic ring is 1. The summed E-state index contributed by atoms with van der Waals surface area (Å²) in [5.74, 6) is 0.275. The summed E-state index contributed by atoms with van der Waals surface area (Å²) in [6, 6.07) is 5.67. The molecule has 2 rings (SSSR count). The molecule has 4 nitrogen and oxygen atoms in total. The Balaban J connectivity index is 2.27. The van der Waals surface area contributed by atoms with Gasteiger partial charge < -0.3 is 15.7 Å². The molecular formula is C14H20N2O2. The summed E-state index contributed by atoms with van der Waals surface area (Å²) < 4.78 is 0. The zero-order chi connectivity index (χ0) is 13.1. The molecule has 0 aliphatic carbocycles. The van der Waals surface area contributed by atoms with Crippen LogP contribution in [0.15, 0.2) is 18.2 Å². The monoisotopic (exact) mass is 248 g/mol. The van der Waals surface area contributed by atoms with Crippen molar-refractivity contribution in [1.82, 2.24) is 0 Å². The number of rotatable bonds is 4. The molecule has 0 saturated heterocycles. The molecule has 1 aliphatic rings. The lowest BCUT2D eigenvalue weighted by Crippen LogP contribution is -2.39. The van der Waals surface area contributed by atoms with E-state index < -0.39 is 0 Å². The van der Waals surface area contributed by atoms with Gasteiger partial charge in [-0.05, 0) is 42.5 Å². The molecule has 1 atom stereocenters. The molecule has 1 amide bonds. The van der Waals surface area contributed by atoms with Gasteiger partial charge in [-0.2, -0.15) is 0 Å². The summed E-state index contributed by atoms with van der Waals surface area (Å²) >= 11 is 0. The maximum atomic E-state index is 12.0. The van der Waals surface area contributed by atoms with Gasteiger partial charge in [0.2, 0.25) is 5.91 Å². The van der Waals surface area contributed by atoms with Crippen molar-refractivity contribution in [2.75, 3.05) is 23.8 Å². The number of aliphatic hydroxyl groups excluding tert-OH is 1. The van der Waals surface area contributed by atoms with E-state index in [9.17, 15) is 9.90 Å². The first-order valence-corrected chi connectivity index (χ1v) is 6.45. The van der Waals surface area contributed by atoms with Gasteiger partial charge >= 0.3 is 0 Å². The molecule has 98 valence electrons. The molecule has 0 bridgehead atoms. The number of hydrogen-bond acceptors (Lipinski definition) is 3. The van der Waals surface area contributed by atoms with Gasteiger partial charge in [-0.15, -0.1) is 0 Å². The van der Waals surface area contributed by atoms with Crippen LogP contribution in [0.1, 0.15) is 25.3 Å². The van der Waals surface area contributed by atoms with Crippen LogP contribution in [0.4, 0.5) is 11.4 Å². The molecule has 0 spiro atoms. The highest BCUT2D eigenvalue weighted by Crippen LogP contribution is 2.30. The van der Waals surface area contributed by atoms with E-state index in [4.69, 9.17) is 5.73 Å². The first-order valence-electron chi connectivity index (χ1n) is 6.45. The molecule has 1 aliphatic heterocycles. The van der Waals surface area contributed by atoms with Gasteiger partial charge in [0, 0.05) is 30.9 Å². The second kappa shape index (κ2) is 5.40. The van der Waals surface area contributed by atoms with E-state index in [1.54, 1.807) is 4.90 Å². The lowest BCUT2D eigenvalue weighted by Gasteiger charge is -2.32. The number of fused-ring (bicyclic) bond motifs is 1. The molecule has 0 fully saturated rings. The molecule has 0 aromatic heterocycles. The minimum atomic E-state index is 0.116. The number of amides is 1. The molecule has 0 radical (unpaired) electrons. The molecule has 1 aromatic rings. The van der Waals surface area contributed by atoms with E-state index in [0.717, 1.165) is 29.8 Å². The topological polar surface area (TPSA) is 66.6 Å². The Labute approximate surface area is 107 Å². The van der Waals surface area contributed by atoms with Crippen molar-refractivity contribution in [2.45, 2.75) is 26.2 Å². The number of carbonyl (C=O) groups excluding carboxylic acids is 1. The fraction of sp³-hybridized carbons (Fsp3) is 0.500. The first kappa shape index (κ1) is 12.9. The Morgan fingerprint density at radius 1 is 1.44 bits per heavy atom. The number of aliphatic hydroxyl groups is 1. The lowest BCUT2D eigenvalue weighted by atomic mass is 9.98. The molecule has 18 heavy (non-hydrogen) atoms. The number of carbonyl (C=O) groups is 1. The van der Waals surface area contributed by atoms with Crippen molar-refractivity contribution < 1.29 is 9.90 Å². The van der Waals surface area contributed by atoms with Crippen LogP contribution in [0, 0.1) is 5.92 Å². The molecule has 0 saturated carbocycles. The van der Waals surface area contributed by atoms with Gasteiger partial charge in [0.05, 0.1) is 0 Å². The van der Waals surface area contributed by atoms with Gasteiger partial charge in [-0.3, -0.25) is 4.79 Å². The first-order chi connectivity index (χ1) is 8.65. The zero-order valence-electron chi connectivity index (χ0n) is 10.7. The fourth-order valence-corrected chi connectivity index (χ4v) is 2.35. The highest BCUT2D eigenvalue weighted by atomic mass is 16.3. The summed E-state index contributed by atoms with van der Waals surface area (Å²) in [4.78, 5) is 13.8. The smallest absolute Gasteiger partial charge is 0.227 e. The Morgan fingerprint density at radius 3 is 2.89 bits per heavy atom. The van der Waals surface area contributed by atoms with E-state index in [1.807, 2.05) is 25.1 Å². The van der Waals surface area contributed by atoms with Crippen LogP contribution in [0.5, 0.6) is 0 Å². The van der Waals surface area contributed by atoms with E-state index in [2.05, 4.69) is 0 Å². The third-order valence-electron chi connectivity index (χ3n) is 3.58. The summed E-state index contributed by atoms with van der Waals surface area (Å²) in [7, 11) is 0. The molecule has 1 aromatic carbocycles. The number of benzene rings is 1. The highest BCUT2D eigenvalue weighted by Gasteiger charge is 2.25. The van der Waals surface area contributed by atoms with Crippen molar-refractivity contribution in [2.24, 2.45) is 5.92 Å². The Hall–Kier alpha value is -1.55. The fourth-order valence-electron chi connectivity index (χ4n) is 2.35. The van der Waals surface area contributed by atoms with Crippen molar-refractivity contribution in [3.8, 4) is 0 Å². The normalized spacial score (nSPS) is 16.6. The second-order valence-corrected chi connectivity index (χ2v) is 4.85. The molecule has 1 heterocycles. The van der Waals surface area contributed by atoms with Crippen molar-refractivity contribution in [1.29, 1.82) is 0 Å². The van der Waals surface area contributed by atoms with Gasteiger partial charge in [0.1, 0.15) is 0 Å². The standard InChI is InChI=1S/C14H20N2O2/c1-2-10(9-17)8-16-13-5-4-12(15)7-11(13)3-6-14(16)18/h4-5,7,10,17H,2-3,6,8-9,15H2,1H3. The average Bonchev–Trinajstić information content (AvgIpc) is 2.38. The highest BCUT2D eigenvalue weighted by molar-refractivity contribution is 5.96. The van der Waals surface area contributed by atoms with Crippen LogP contribution in [0.2, 0.25) is 0 Å².